The molecule has 3 N–H and O–H groups in total. The van der Waals surface area contributed by atoms with Crippen molar-refractivity contribution in [3.63, 3.8) is 0 Å². The van der Waals surface area contributed by atoms with Crippen LogP contribution in [0.25, 0.3) is 0 Å². The molecule has 3 nitrogen and oxygen atoms in total. The molecule has 3 heteroatoms. The van der Waals surface area contributed by atoms with Crippen molar-refractivity contribution in [2.45, 2.75) is 33.1 Å². The van der Waals surface area contributed by atoms with E-state index in [0.29, 0.717) is 0 Å². The van der Waals surface area contributed by atoms with E-state index in [4.69, 9.17) is 15.9 Å². The van der Waals surface area contributed by atoms with Gasteiger partial charge in [0, 0.05) is 5.56 Å². The van der Waals surface area contributed by atoms with Crippen LogP contribution in [0.1, 0.15) is 37.5 Å². The van der Waals surface area contributed by atoms with Crippen molar-refractivity contribution in [3.05, 3.63) is 59.2 Å². The van der Waals surface area contributed by atoms with Gasteiger partial charge in [-0.25, -0.2) is 0 Å². The van der Waals surface area contributed by atoms with E-state index in [1.54, 1.807) is 0 Å². The number of aryl methyl sites for hydroxylation is 1. The molecule has 0 spiro atoms. The van der Waals surface area contributed by atoms with Gasteiger partial charge in [0.2, 0.25) is 0 Å². The van der Waals surface area contributed by atoms with E-state index in [0.717, 1.165) is 22.6 Å². The minimum Gasteiger partial charge on any atom is -0.457 e. The Labute approximate surface area is 126 Å². The standard InChI is InChI=1S/C18H22N2O/c1-12-10-15(8-9-16(12)17(19)20)21-14-7-5-6-13(11-14)18(2,3)4/h5-11H,1-4H3,(H3,19,20). The summed E-state index contributed by atoms with van der Waals surface area (Å²) in [5, 5.41) is 7.50. The van der Waals surface area contributed by atoms with Crippen molar-refractivity contribution in [1.82, 2.24) is 0 Å². The fourth-order valence-corrected chi connectivity index (χ4v) is 2.16. The third-order valence-electron chi connectivity index (χ3n) is 3.42. The molecule has 110 valence electrons. The minimum atomic E-state index is 0.0776. The van der Waals surface area contributed by atoms with E-state index < -0.39 is 0 Å². The topological polar surface area (TPSA) is 59.1 Å². The normalized spacial score (nSPS) is 11.2. The highest BCUT2D eigenvalue weighted by Gasteiger charge is 2.14. The number of nitrogens with two attached hydrogens (primary N) is 1. The van der Waals surface area contributed by atoms with Crippen LogP contribution in [-0.4, -0.2) is 5.84 Å². The minimum absolute atomic E-state index is 0.0776. The lowest BCUT2D eigenvalue weighted by Gasteiger charge is -2.19. The monoisotopic (exact) mass is 282 g/mol. The molecule has 0 unspecified atom stereocenters. The van der Waals surface area contributed by atoms with Crippen LogP contribution >= 0.6 is 0 Å². The van der Waals surface area contributed by atoms with Gasteiger partial charge >= 0.3 is 0 Å². The van der Waals surface area contributed by atoms with Crippen molar-refractivity contribution in [2.24, 2.45) is 5.73 Å². The zero-order valence-electron chi connectivity index (χ0n) is 13.0. The molecule has 21 heavy (non-hydrogen) atoms. The zero-order valence-corrected chi connectivity index (χ0v) is 13.0. The van der Waals surface area contributed by atoms with Gasteiger partial charge in [0.15, 0.2) is 0 Å². The van der Waals surface area contributed by atoms with Crippen LogP contribution in [0.4, 0.5) is 0 Å². The maximum Gasteiger partial charge on any atom is 0.127 e. The molecule has 0 aliphatic carbocycles. The summed E-state index contributed by atoms with van der Waals surface area (Å²) in [7, 11) is 0. The summed E-state index contributed by atoms with van der Waals surface area (Å²) in [5.41, 5.74) is 8.53. The summed E-state index contributed by atoms with van der Waals surface area (Å²) in [6.07, 6.45) is 0. The first kappa shape index (κ1) is 15.1. The van der Waals surface area contributed by atoms with Crippen LogP contribution in [0.2, 0.25) is 0 Å². The molecule has 0 radical (unpaired) electrons. The zero-order chi connectivity index (χ0) is 15.6. The first-order chi connectivity index (χ1) is 9.77. The number of hydrogen-bond donors (Lipinski definition) is 2. The summed E-state index contributed by atoms with van der Waals surface area (Å²) in [6, 6.07) is 13.7. The van der Waals surface area contributed by atoms with Gasteiger partial charge in [-0.15, -0.1) is 0 Å². The van der Waals surface area contributed by atoms with Gasteiger partial charge in [-0.2, -0.15) is 0 Å². The van der Waals surface area contributed by atoms with Crippen molar-refractivity contribution in [1.29, 1.82) is 5.41 Å². The van der Waals surface area contributed by atoms with Crippen LogP contribution < -0.4 is 10.5 Å². The fourth-order valence-electron chi connectivity index (χ4n) is 2.16. The molecular weight excluding hydrogens is 260 g/mol. The quantitative estimate of drug-likeness (QED) is 0.648. The van der Waals surface area contributed by atoms with Gasteiger partial charge in [0.25, 0.3) is 0 Å². The molecule has 2 aromatic rings. The van der Waals surface area contributed by atoms with E-state index in [1.165, 1.54) is 5.56 Å². The van der Waals surface area contributed by atoms with Gasteiger partial charge in [0.1, 0.15) is 17.3 Å². The molecule has 0 bridgehead atoms. The van der Waals surface area contributed by atoms with Gasteiger partial charge < -0.3 is 10.5 Å². The van der Waals surface area contributed by atoms with E-state index in [2.05, 4.69) is 32.9 Å². The summed E-state index contributed by atoms with van der Waals surface area (Å²) in [5.74, 6) is 1.65. The smallest absolute Gasteiger partial charge is 0.127 e. The van der Waals surface area contributed by atoms with Gasteiger partial charge in [0.05, 0.1) is 0 Å². The molecule has 0 aliphatic rings. The average molecular weight is 282 g/mol. The molecule has 2 aromatic carbocycles. The van der Waals surface area contributed by atoms with Crippen molar-refractivity contribution in [2.75, 3.05) is 0 Å². The molecule has 0 saturated heterocycles. The highest BCUT2D eigenvalue weighted by Crippen LogP contribution is 2.29. The Hall–Kier alpha value is -2.29. The number of nitrogens with one attached hydrogen (secondary N) is 1. The number of rotatable bonds is 3. The molecule has 0 saturated carbocycles. The lowest BCUT2D eigenvalue weighted by molar-refractivity contribution is 0.478. The first-order valence-corrected chi connectivity index (χ1v) is 7.01. The van der Waals surface area contributed by atoms with Crippen molar-refractivity contribution >= 4 is 5.84 Å². The second-order valence-corrected chi connectivity index (χ2v) is 6.27. The Kier molecular flexibility index (Phi) is 4.03. The Morgan fingerprint density at radius 2 is 1.71 bits per heavy atom. The van der Waals surface area contributed by atoms with E-state index in [1.807, 2.05) is 37.3 Å². The molecule has 0 fully saturated rings. The molecule has 0 aliphatic heterocycles. The Balaban J connectivity index is 2.27. The van der Waals surface area contributed by atoms with Crippen molar-refractivity contribution in [3.8, 4) is 11.5 Å². The van der Waals surface area contributed by atoms with Gasteiger partial charge in [-0.3, -0.25) is 5.41 Å². The van der Waals surface area contributed by atoms with Gasteiger partial charge in [-0.1, -0.05) is 32.9 Å². The number of amidine groups is 1. The second kappa shape index (κ2) is 5.60. The Morgan fingerprint density at radius 1 is 1.05 bits per heavy atom. The SMILES string of the molecule is Cc1cc(Oc2cccc(C(C)(C)C)c2)ccc1C(=N)N. The first-order valence-electron chi connectivity index (χ1n) is 7.01. The number of hydrogen-bond acceptors (Lipinski definition) is 2. The number of nitrogen functional groups attached to an aromatic ring is 1. The van der Waals surface area contributed by atoms with Crippen LogP contribution in [0.3, 0.4) is 0 Å². The fraction of sp³-hybridized carbons (Fsp3) is 0.278. The maximum atomic E-state index is 7.50. The molecular formula is C18H22N2O. The largest absolute Gasteiger partial charge is 0.457 e. The number of benzene rings is 2. The molecule has 0 atom stereocenters. The third kappa shape index (κ3) is 3.63. The predicted molar refractivity (Wildman–Crippen MR) is 87.4 cm³/mol. The molecule has 2 rings (SSSR count). The highest BCUT2D eigenvalue weighted by molar-refractivity contribution is 5.96. The molecule has 0 amide bonds. The molecule has 0 aromatic heterocycles. The van der Waals surface area contributed by atoms with Crippen molar-refractivity contribution < 1.29 is 4.74 Å². The average Bonchev–Trinajstić information content (AvgIpc) is 2.37. The number of ether oxygens (including phenoxy) is 1. The van der Waals surface area contributed by atoms with E-state index in [9.17, 15) is 0 Å². The Bertz CT molecular complexity index is 669. The van der Waals surface area contributed by atoms with E-state index >= 15 is 0 Å². The third-order valence-corrected chi connectivity index (χ3v) is 3.42. The van der Waals surface area contributed by atoms with E-state index in [-0.39, 0.29) is 11.3 Å². The highest BCUT2D eigenvalue weighted by atomic mass is 16.5. The van der Waals surface area contributed by atoms with Crippen LogP contribution in [0, 0.1) is 12.3 Å². The lowest BCUT2D eigenvalue weighted by Crippen LogP contribution is -2.12. The maximum absolute atomic E-state index is 7.50. The predicted octanol–water partition coefficient (Wildman–Crippen LogP) is 4.37. The summed E-state index contributed by atoms with van der Waals surface area (Å²) in [6.45, 7) is 8.46. The molecule has 0 heterocycles. The summed E-state index contributed by atoms with van der Waals surface area (Å²) in [4.78, 5) is 0. The van der Waals surface area contributed by atoms with Crippen LogP contribution in [-0.2, 0) is 5.41 Å². The van der Waals surface area contributed by atoms with Crippen LogP contribution in [0.15, 0.2) is 42.5 Å². The second-order valence-electron chi connectivity index (χ2n) is 6.27. The lowest BCUT2D eigenvalue weighted by atomic mass is 9.87. The van der Waals surface area contributed by atoms with Crippen LogP contribution in [0.5, 0.6) is 11.5 Å². The van der Waals surface area contributed by atoms with Gasteiger partial charge in [-0.05, 0) is 53.8 Å². The Morgan fingerprint density at radius 3 is 2.29 bits per heavy atom. The summed E-state index contributed by atoms with van der Waals surface area (Å²) >= 11 is 0. The summed E-state index contributed by atoms with van der Waals surface area (Å²) < 4.78 is 5.92.